The molecule has 1 N–H and O–H groups in total. The molecule has 15 heavy (non-hydrogen) atoms. The van der Waals surface area contributed by atoms with Crippen molar-refractivity contribution in [3.63, 3.8) is 0 Å². The van der Waals surface area contributed by atoms with Crippen LogP contribution in [-0.4, -0.2) is 19.5 Å². The van der Waals surface area contributed by atoms with Crippen LogP contribution >= 0.6 is 0 Å². The average Bonchev–Trinajstić information content (AvgIpc) is 2.69. The Morgan fingerprint density at radius 3 is 3.20 bits per heavy atom. The molecule has 3 rings (SSSR count). The van der Waals surface area contributed by atoms with Crippen LogP contribution in [0.15, 0.2) is 23.2 Å². The topological polar surface area (TPSA) is 33.6 Å². The van der Waals surface area contributed by atoms with E-state index in [0.29, 0.717) is 13.2 Å². The van der Waals surface area contributed by atoms with E-state index >= 15 is 0 Å². The third kappa shape index (κ3) is 1.21. The maximum Gasteiger partial charge on any atom is 0.125 e. The summed E-state index contributed by atoms with van der Waals surface area (Å²) in [5.41, 5.74) is 0.640. The molecule has 0 radical (unpaired) electrons. The van der Waals surface area contributed by atoms with Crippen LogP contribution in [0.25, 0.3) is 0 Å². The summed E-state index contributed by atoms with van der Waals surface area (Å²) in [4.78, 5) is 4.17. The normalized spacial score (nSPS) is 27.3. The lowest BCUT2D eigenvalue weighted by atomic mass is 9.85. The van der Waals surface area contributed by atoms with Crippen molar-refractivity contribution in [3.8, 4) is 5.75 Å². The van der Waals surface area contributed by atoms with E-state index in [4.69, 9.17) is 4.74 Å². The molecule has 78 valence electrons. The Bertz CT molecular complexity index is 423. The fraction of sp³-hybridized carbons (Fsp3) is 0.364. The first kappa shape index (κ1) is 8.71. The zero-order chi connectivity index (χ0) is 10.3. The predicted molar refractivity (Wildman–Crippen MR) is 54.7 cm³/mol. The van der Waals surface area contributed by atoms with Gasteiger partial charge in [0.05, 0.1) is 25.0 Å². The van der Waals surface area contributed by atoms with Crippen LogP contribution in [-0.2, 0) is 5.54 Å². The van der Waals surface area contributed by atoms with Gasteiger partial charge in [0.1, 0.15) is 11.6 Å². The standard InChI is InChI=1S/C11H11FN2O/c12-8-1-2-10-9(5-8)11(3-4-15-10)6-13-7-14-11/h1-2,5,7H,3-4,6H2,(H,13,14)/t11-/m1/s1. The summed E-state index contributed by atoms with van der Waals surface area (Å²) in [5, 5.41) is 3.22. The zero-order valence-corrected chi connectivity index (χ0v) is 8.16. The largest absolute Gasteiger partial charge is 0.493 e. The maximum atomic E-state index is 13.2. The van der Waals surface area contributed by atoms with Gasteiger partial charge in [-0.05, 0) is 18.2 Å². The van der Waals surface area contributed by atoms with Crippen molar-refractivity contribution in [2.75, 3.05) is 13.2 Å². The molecule has 0 bridgehead atoms. The zero-order valence-electron chi connectivity index (χ0n) is 8.16. The number of hydrogen-bond acceptors (Lipinski definition) is 3. The van der Waals surface area contributed by atoms with Crippen molar-refractivity contribution in [1.29, 1.82) is 0 Å². The Morgan fingerprint density at radius 1 is 1.47 bits per heavy atom. The highest BCUT2D eigenvalue weighted by molar-refractivity contribution is 5.61. The molecule has 0 aliphatic carbocycles. The molecular weight excluding hydrogens is 195 g/mol. The number of fused-ring (bicyclic) bond motifs is 2. The van der Waals surface area contributed by atoms with E-state index < -0.39 is 0 Å². The van der Waals surface area contributed by atoms with E-state index in [1.54, 1.807) is 12.4 Å². The van der Waals surface area contributed by atoms with Gasteiger partial charge in [-0.3, -0.25) is 4.99 Å². The van der Waals surface area contributed by atoms with Crippen molar-refractivity contribution in [2.45, 2.75) is 12.0 Å². The third-order valence-electron chi connectivity index (χ3n) is 3.04. The third-order valence-corrected chi connectivity index (χ3v) is 3.04. The number of halogens is 1. The first-order chi connectivity index (χ1) is 7.30. The van der Waals surface area contributed by atoms with Crippen LogP contribution in [0.3, 0.4) is 0 Å². The summed E-state index contributed by atoms with van der Waals surface area (Å²) in [6.07, 6.45) is 2.52. The molecule has 2 aliphatic rings. The average molecular weight is 206 g/mol. The monoisotopic (exact) mass is 206 g/mol. The lowest BCUT2D eigenvalue weighted by Crippen LogP contribution is -2.44. The summed E-state index contributed by atoms with van der Waals surface area (Å²) >= 11 is 0. The Labute approximate surface area is 87.0 Å². The highest BCUT2D eigenvalue weighted by Gasteiger charge is 2.39. The van der Waals surface area contributed by atoms with Gasteiger partial charge in [-0.2, -0.15) is 0 Å². The summed E-state index contributed by atoms with van der Waals surface area (Å²) < 4.78 is 18.7. The number of hydrogen-bond donors (Lipinski definition) is 1. The van der Waals surface area contributed by atoms with Crippen LogP contribution in [0.1, 0.15) is 12.0 Å². The molecule has 0 fully saturated rings. The number of benzene rings is 1. The molecule has 1 spiro atoms. The van der Waals surface area contributed by atoms with E-state index in [-0.39, 0.29) is 11.4 Å². The maximum absolute atomic E-state index is 13.2. The van der Waals surface area contributed by atoms with E-state index in [1.807, 2.05) is 0 Å². The lowest BCUT2D eigenvalue weighted by Gasteiger charge is -2.35. The highest BCUT2D eigenvalue weighted by atomic mass is 19.1. The van der Waals surface area contributed by atoms with E-state index in [1.165, 1.54) is 12.1 Å². The molecular formula is C11H11FN2O. The molecule has 0 amide bonds. The van der Waals surface area contributed by atoms with Gasteiger partial charge in [0.25, 0.3) is 0 Å². The Balaban J connectivity index is 2.13. The van der Waals surface area contributed by atoms with Gasteiger partial charge in [0.15, 0.2) is 0 Å². The molecule has 1 aromatic carbocycles. The minimum absolute atomic E-state index is 0.229. The highest BCUT2D eigenvalue weighted by Crippen LogP contribution is 2.38. The smallest absolute Gasteiger partial charge is 0.125 e. The molecule has 2 aliphatic heterocycles. The van der Waals surface area contributed by atoms with Gasteiger partial charge in [0, 0.05) is 12.0 Å². The first-order valence-corrected chi connectivity index (χ1v) is 4.99. The van der Waals surface area contributed by atoms with E-state index in [2.05, 4.69) is 10.3 Å². The van der Waals surface area contributed by atoms with Crippen LogP contribution in [0.5, 0.6) is 5.75 Å². The molecule has 0 aromatic heterocycles. The van der Waals surface area contributed by atoms with Crippen LogP contribution in [0.2, 0.25) is 0 Å². The molecule has 0 saturated heterocycles. The van der Waals surface area contributed by atoms with Crippen LogP contribution in [0, 0.1) is 5.82 Å². The molecule has 3 nitrogen and oxygen atoms in total. The van der Waals surface area contributed by atoms with Crippen molar-refractivity contribution >= 4 is 6.34 Å². The number of aliphatic imine (C=N–C) groups is 1. The minimum Gasteiger partial charge on any atom is -0.493 e. The Hall–Kier alpha value is -1.58. The van der Waals surface area contributed by atoms with E-state index in [0.717, 1.165) is 17.7 Å². The van der Waals surface area contributed by atoms with Gasteiger partial charge in [-0.25, -0.2) is 4.39 Å². The van der Waals surface area contributed by atoms with E-state index in [9.17, 15) is 4.39 Å². The lowest BCUT2D eigenvalue weighted by molar-refractivity contribution is 0.212. The molecule has 4 heteroatoms. The van der Waals surface area contributed by atoms with Crippen molar-refractivity contribution in [3.05, 3.63) is 29.6 Å². The Morgan fingerprint density at radius 2 is 2.40 bits per heavy atom. The molecule has 0 saturated carbocycles. The summed E-state index contributed by atoms with van der Waals surface area (Å²) in [5.74, 6) is 0.535. The van der Waals surface area contributed by atoms with Crippen LogP contribution in [0.4, 0.5) is 4.39 Å². The van der Waals surface area contributed by atoms with Gasteiger partial charge in [-0.1, -0.05) is 0 Å². The summed E-state index contributed by atoms with van der Waals surface area (Å²) in [6, 6.07) is 4.65. The summed E-state index contributed by atoms with van der Waals surface area (Å²) in [7, 11) is 0. The molecule has 0 unspecified atom stereocenters. The van der Waals surface area contributed by atoms with Gasteiger partial charge in [0.2, 0.25) is 0 Å². The van der Waals surface area contributed by atoms with Gasteiger partial charge >= 0.3 is 0 Å². The SMILES string of the molecule is Fc1ccc2c(c1)[C@@]1(CCO2)CN=CN1. The van der Waals surface area contributed by atoms with Crippen LogP contribution < -0.4 is 10.1 Å². The second-order valence-corrected chi connectivity index (χ2v) is 3.94. The first-order valence-electron chi connectivity index (χ1n) is 4.99. The second-order valence-electron chi connectivity index (χ2n) is 3.94. The number of nitrogens with one attached hydrogen (secondary N) is 1. The van der Waals surface area contributed by atoms with Crippen molar-refractivity contribution in [2.24, 2.45) is 4.99 Å². The predicted octanol–water partition coefficient (Wildman–Crippen LogP) is 1.43. The number of nitrogens with zero attached hydrogens (tertiary/aromatic N) is 1. The number of rotatable bonds is 0. The van der Waals surface area contributed by atoms with Crippen molar-refractivity contribution < 1.29 is 9.13 Å². The Kier molecular flexibility index (Phi) is 1.71. The second kappa shape index (κ2) is 2.95. The van der Waals surface area contributed by atoms with Gasteiger partial charge in [-0.15, -0.1) is 0 Å². The number of ether oxygens (including phenoxy) is 1. The quantitative estimate of drug-likeness (QED) is 0.696. The molecule has 2 heterocycles. The molecule has 1 aromatic rings. The minimum atomic E-state index is -0.240. The van der Waals surface area contributed by atoms with Crippen molar-refractivity contribution in [1.82, 2.24) is 5.32 Å². The van der Waals surface area contributed by atoms with Gasteiger partial charge < -0.3 is 10.1 Å². The summed E-state index contributed by atoms with van der Waals surface area (Å²) in [6.45, 7) is 1.31. The molecule has 1 atom stereocenters. The fourth-order valence-electron chi connectivity index (χ4n) is 2.20. The fourth-order valence-corrected chi connectivity index (χ4v) is 2.20.